The summed E-state index contributed by atoms with van der Waals surface area (Å²) in [5.74, 6) is 0.100. The highest BCUT2D eigenvalue weighted by atomic mass is 79.9. The first kappa shape index (κ1) is 22.4. The van der Waals surface area contributed by atoms with Crippen molar-refractivity contribution in [1.29, 1.82) is 5.41 Å². The van der Waals surface area contributed by atoms with Crippen LogP contribution in [0.3, 0.4) is 0 Å². The first-order valence-corrected chi connectivity index (χ1v) is 10.6. The third-order valence-corrected chi connectivity index (χ3v) is 5.75. The summed E-state index contributed by atoms with van der Waals surface area (Å²) in [4.78, 5) is 29.0. The van der Waals surface area contributed by atoms with Gasteiger partial charge in [0.15, 0.2) is 0 Å². The van der Waals surface area contributed by atoms with Gasteiger partial charge in [0.1, 0.15) is 36.0 Å². The van der Waals surface area contributed by atoms with Crippen molar-refractivity contribution in [3.05, 3.63) is 49.4 Å². The lowest BCUT2D eigenvalue weighted by Crippen LogP contribution is -2.31. The third kappa shape index (κ3) is 5.75. The molecule has 0 bridgehead atoms. The molecule has 6 atom stereocenters. The number of aromatic amines is 1. The molecule has 184 valence electrons. The Labute approximate surface area is 199 Å². The van der Waals surface area contributed by atoms with Crippen molar-refractivity contribution in [2.75, 3.05) is 18.9 Å². The fourth-order valence-corrected chi connectivity index (χ4v) is 3.69. The zero-order chi connectivity index (χ0) is 27.2. The van der Waals surface area contributed by atoms with E-state index in [2.05, 4.69) is 25.9 Å². The quantitative estimate of drug-likeness (QED) is 0.222. The van der Waals surface area contributed by atoms with Crippen LogP contribution >= 0.6 is 15.9 Å². The summed E-state index contributed by atoms with van der Waals surface area (Å²) in [5, 5.41) is 44.2. The minimum atomic E-state index is -0.846. The van der Waals surface area contributed by atoms with Gasteiger partial charge in [0.25, 0.3) is 0 Å². The molecule has 0 radical (unpaired) electrons. The van der Waals surface area contributed by atoms with Crippen molar-refractivity contribution in [3.8, 4) is 0 Å². The average molecular weight is 538 g/mol. The molecule has 0 spiro atoms. The zero-order valence-corrected chi connectivity index (χ0v) is 18.8. The number of hydrogen-bond acceptors (Lipinski definition) is 11. The highest BCUT2D eigenvalue weighted by Gasteiger charge is 2.35. The number of ether oxygens (including phenoxy) is 2. The number of aromatic nitrogens is 4. The Hall–Kier alpha value is -2.40. The van der Waals surface area contributed by atoms with Crippen LogP contribution in [0.4, 0.5) is 5.82 Å². The van der Waals surface area contributed by atoms with Gasteiger partial charge < -0.3 is 35.6 Å². The van der Waals surface area contributed by atoms with Crippen molar-refractivity contribution in [2.45, 2.75) is 49.7 Å². The molecule has 2 aliphatic heterocycles. The summed E-state index contributed by atoms with van der Waals surface area (Å²) in [5.41, 5.74) is 4.06. The number of halogens is 1. The Balaban J connectivity index is 0.000000237. The monoisotopic (exact) mass is 537 g/mol. The lowest BCUT2D eigenvalue weighted by molar-refractivity contribution is -0.0459. The van der Waals surface area contributed by atoms with Crippen LogP contribution in [0.15, 0.2) is 32.5 Å². The Bertz CT molecular complexity index is 1200. The van der Waals surface area contributed by atoms with Gasteiger partial charge in [-0.2, -0.15) is 4.98 Å². The number of anilines is 1. The van der Waals surface area contributed by atoms with E-state index in [1.807, 2.05) is 0 Å². The van der Waals surface area contributed by atoms with E-state index < -0.39 is 48.3 Å². The molecule has 0 aromatic carbocycles. The van der Waals surface area contributed by atoms with Gasteiger partial charge in [-0.1, -0.05) is 0 Å². The molecule has 15 heteroatoms. The molecule has 2 saturated heterocycles. The van der Waals surface area contributed by atoms with Crippen LogP contribution in [-0.4, -0.2) is 77.2 Å². The molecule has 0 amide bonds. The van der Waals surface area contributed by atoms with Crippen molar-refractivity contribution < 1.29 is 34.2 Å². The molecular weight excluding hydrogens is 508 g/mol. The van der Waals surface area contributed by atoms with Crippen molar-refractivity contribution in [2.24, 2.45) is 0 Å². The van der Waals surface area contributed by atoms with Crippen LogP contribution in [0.5, 0.6) is 0 Å². The van der Waals surface area contributed by atoms with E-state index in [-0.39, 0.29) is 43.4 Å². The third-order valence-electron chi connectivity index (χ3n) is 5.14. The average Bonchev–Trinajstić information content (AvgIpc) is 3.41. The van der Waals surface area contributed by atoms with Crippen LogP contribution in [-0.2, 0) is 9.47 Å². The van der Waals surface area contributed by atoms with Crippen molar-refractivity contribution >= 4 is 21.7 Å². The summed E-state index contributed by atoms with van der Waals surface area (Å²) < 4.78 is 30.9. The lowest BCUT2D eigenvalue weighted by Gasteiger charge is -2.14. The zero-order valence-electron chi connectivity index (χ0n) is 20.2. The lowest BCUT2D eigenvalue weighted by atomic mass is 10.2. The number of rotatable bonds is 4. The number of nitrogen functional groups attached to an aromatic ring is 1. The van der Waals surface area contributed by atoms with E-state index in [1.54, 1.807) is 0 Å². The second-order valence-electron chi connectivity index (χ2n) is 7.38. The number of nitrogens with zero attached hydrogens (tertiary/aromatic N) is 3. The van der Waals surface area contributed by atoms with Crippen molar-refractivity contribution in [3.63, 3.8) is 0 Å². The molecular formula is C18H27BrN6O8. The second kappa shape index (κ2) is 10.7. The maximum Gasteiger partial charge on any atom is 0.351 e. The Morgan fingerprint density at radius 1 is 1.24 bits per heavy atom. The highest BCUT2D eigenvalue weighted by Crippen LogP contribution is 2.28. The summed E-state index contributed by atoms with van der Waals surface area (Å²) in [6.07, 6.45) is -1.39. The number of H-pyrrole nitrogens is 1. The maximum absolute atomic E-state index is 11.6. The fraction of sp³-hybridized carbons (Fsp3) is 0.556. The number of aliphatic hydroxyl groups excluding tert-OH is 4. The molecule has 14 nitrogen and oxygen atoms in total. The standard InChI is InChI=1S/C9H12BrN3O4.C9H13N3O4.H2/c10-4-2-13(9(16)12-8(4)11)7-1-5(15)6(3-14)17-7;10-7-1-2-12(9(15)11-7)8-3-5(14)6(4-13)16-8;/h2,5-7,14-15H,1,3H2,(H2,11,12,16);1-2,5-6,8,13-14H,3-4H2,(H2,10,11,15);1H/t5?,6-,7-;5?,6-,8-;/m11./s1/i;1D;1+1D. The maximum atomic E-state index is 11.6. The smallest absolute Gasteiger partial charge is 0.351 e. The molecule has 2 unspecified atom stereocenters. The van der Waals surface area contributed by atoms with Crippen LogP contribution in [0, 0.1) is 5.41 Å². The molecule has 8 N–H and O–H groups in total. The van der Waals surface area contributed by atoms with Gasteiger partial charge >= 0.3 is 11.4 Å². The second-order valence-corrected chi connectivity index (χ2v) is 8.23. The molecule has 0 saturated carbocycles. The van der Waals surface area contributed by atoms with Gasteiger partial charge in [0, 0.05) is 28.2 Å². The molecule has 0 aliphatic carbocycles. The normalized spacial score (nSPS) is 29.7. The minimum absolute atomic E-state index is 0.100. The number of hydrogen-bond donors (Lipinski definition) is 7. The highest BCUT2D eigenvalue weighted by molar-refractivity contribution is 9.10. The fourth-order valence-electron chi connectivity index (χ4n) is 3.38. The minimum Gasteiger partial charge on any atom is -0.394 e. The summed E-state index contributed by atoms with van der Waals surface area (Å²) in [7, 11) is 0. The first-order valence-electron chi connectivity index (χ1n) is 11.3. The van der Waals surface area contributed by atoms with E-state index in [9.17, 15) is 19.8 Å². The van der Waals surface area contributed by atoms with Gasteiger partial charge in [0.05, 0.1) is 31.3 Å². The van der Waals surface area contributed by atoms with Crippen molar-refractivity contribution in [1.82, 2.24) is 19.1 Å². The molecule has 2 fully saturated rings. The molecule has 2 aliphatic rings. The predicted molar refractivity (Wildman–Crippen MR) is 117 cm³/mol. The number of nitrogens with two attached hydrogens (primary N) is 1. The summed E-state index contributed by atoms with van der Waals surface area (Å²) >= 11 is 3.16. The van der Waals surface area contributed by atoms with Gasteiger partial charge in [0.2, 0.25) is 0 Å². The topological polar surface area (TPSA) is 222 Å². The number of nitrogens with one attached hydrogen (secondary N) is 2. The number of aliphatic hydroxyl groups is 4. The van der Waals surface area contributed by atoms with Crippen LogP contribution in [0.1, 0.15) is 29.6 Å². The van der Waals surface area contributed by atoms with E-state index in [0.717, 1.165) is 4.57 Å². The Kier molecular flexibility index (Phi) is 7.25. The Morgan fingerprint density at radius 2 is 1.79 bits per heavy atom. The van der Waals surface area contributed by atoms with Crippen LogP contribution in [0.25, 0.3) is 0 Å². The first-order chi connectivity index (χ1) is 17.0. The van der Waals surface area contributed by atoms with Crippen LogP contribution < -0.4 is 22.6 Å². The largest absolute Gasteiger partial charge is 0.394 e. The molecule has 2 aromatic rings. The van der Waals surface area contributed by atoms with E-state index in [4.69, 9.17) is 35.2 Å². The summed E-state index contributed by atoms with van der Waals surface area (Å²) in [6, 6.07) is -0.143. The molecule has 4 rings (SSSR count). The Morgan fingerprint density at radius 3 is 2.30 bits per heavy atom. The van der Waals surface area contributed by atoms with Gasteiger partial charge in [-0.25, -0.2) is 9.59 Å². The van der Waals surface area contributed by atoms with Gasteiger partial charge in [-0.3, -0.25) is 19.5 Å². The predicted octanol–water partition coefficient (Wildman–Crippen LogP) is -2.23. The van der Waals surface area contributed by atoms with E-state index in [1.165, 1.54) is 17.0 Å². The SMILES string of the molecule is Nc1nc(=O)n([C@H]2CC(O)[C@@H](CO)O2)cc1Br.[2H][2H].[2H]c1cn([C@H]2CC(O)[C@@H](CO)O2)c(=O)[nH]c1=N. The van der Waals surface area contributed by atoms with E-state index in [0.29, 0.717) is 4.47 Å². The summed E-state index contributed by atoms with van der Waals surface area (Å²) in [6.45, 7) is -0.629. The van der Waals surface area contributed by atoms with E-state index >= 15 is 0 Å². The van der Waals surface area contributed by atoms with Gasteiger partial charge in [-0.15, -0.1) is 0 Å². The molecule has 33 heavy (non-hydrogen) atoms. The van der Waals surface area contributed by atoms with Gasteiger partial charge in [-0.05, 0) is 22.0 Å². The molecule has 2 aromatic heterocycles. The van der Waals surface area contributed by atoms with Crippen LogP contribution in [0.2, 0.25) is 0 Å². The molecule has 4 heterocycles.